The number of hydrogen-bond donors (Lipinski definition) is 3. The molecule has 0 saturated heterocycles. The SMILES string of the molecule is N=C(N)N/N=C/c1c(C(F)(F)F)ccc(C(F)(F)F)c1Cl. The second kappa shape index (κ2) is 5.80. The van der Waals surface area contributed by atoms with Crippen LogP contribution in [0.1, 0.15) is 16.7 Å². The Hall–Kier alpha value is -1.97. The van der Waals surface area contributed by atoms with Crippen LogP contribution in [0.3, 0.4) is 0 Å². The largest absolute Gasteiger partial charge is 0.417 e. The first-order chi connectivity index (χ1) is 9.44. The van der Waals surface area contributed by atoms with E-state index in [-0.39, 0.29) is 12.1 Å². The lowest BCUT2D eigenvalue weighted by molar-refractivity contribution is -0.141. The van der Waals surface area contributed by atoms with Crippen molar-refractivity contribution in [2.45, 2.75) is 12.4 Å². The van der Waals surface area contributed by atoms with E-state index in [0.29, 0.717) is 6.21 Å². The lowest BCUT2D eigenvalue weighted by atomic mass is 10.0. The van der Waals surface area contributed by atoms with Crippen LogP contribution in [-0.2, 0) is 12.4 Å². The zero-order valence-corrected chi connectivity index (χ0v) is 10.7. The first-order valence-electron chi connectivity index (χ1n) is 5.04. The van der Waals surface area contributed by atoms with Gasteiger partial charge in [0.2, 0.25) is 5.96 Å². The molecule has 0 aromatic heterocycles. The van der Waals surface area contributed by atoms with Gasteiger partial charge in [-0.15, -0.1) is 0 Å². The van der Waals surface area contributed by atoms with Crippen molar-refractivity contribution in [3.63, 3.8) is 0 Å². The number of hydrazone groups is 1. The monoisotopic (exact) mass is 332 g/mol. The maximum Gasteiger partial charge on any atom is 0.417 e. The molecule has 0 radical (unpaired) electrons. The minimum Gasteiger partial charge on any atom is -0.369 e. The Kier molecular flexibility index (Phi) is 4.72. The fourth-order valence-electron chi connectivity index (χ4n) is 1.35. The number of halogens is 7. The molecule has 1 aromatic rings. The lowest BCUT2D eigenvalue weighted by Crippen LogP contribution is -2.25. The van der Waals surface area contributed by atoms with Crippen LogP contribution in [0.15, 0.2) is 17.2 Å². The molecule has 0 spiro atoms. The smallest absolute Gasteiger partial charge is 0.369 e. The molecule has 116 valence electrons. The molecule has 1 rings (SSSR count). The van der Waals surface area contributed by atoms with E-state index in [1.807, 2.05) is 0 Å². The highest BCUT2D eigenvalue weighted by Gasteiger charge is 2.39. The van der Waals surface area contributed by atoms with Crippen molar-refractivity contribution in [3.8, 4) is 0 Å². The van der Waals surface area contributed by atoms with Crippen molar-refractivity contribution in [1.29, 1.82) is 5.41 Å². The van der Waals surface area contributed by atoms with E-state index in [1.165, 1.54) is 0 Å². The Balaban J connectivity index is 3.46. The van der Waals surface area contributed by atoms with Gasteiger partial charge >= 0.3 is 12.4 Å². The average molecular weight is 333 g/mol. The lowest BCUT2D eigenvalue weighted by Gasteiger charge is -2.16. The summed E-state index contributed by atoms with van der Waals surface area (Å²) in [7, 11) is 0. The molecule has 0 bridgehead atoms. The Morgan fingerprint density at radius 3 is 2.05 bits per heavy atom. The van der Waals surface area contributed by atoms with E-state index in [9.17, 15) is 26.3 Å². The molecule has 0 saturated carbocycles. The van der Waals surface area contributed by atoms with Gasteiger partial charge in [0.1, 0.15) is 0 Å². The number of nitrogens with one attached hydrogen (secondary N) is 2. The predicted octanol–water partition coefficient (Wildman–Crippen LogP) is 3.19. The van der Waals surface area contributed by atoms with Crippen LogP contribution in [0.25, 0.3) is 0 Å². The maximum atomic E-state index is 12.8. The molecule has 4 N–H and O–H groups in total. The number of guanidine groups is 1. The highest BCUT2D eigenvalue weighted by Crippen LogP contribution is 2.41. The summed E-state index contributed by atoms with van der Waals surface area (Å²) in [6.45, 7) is 0. The van der Waals surface area contributed by atoms with Crippen molar-refractivity contribution in [2.75, 3.05) is 0 Å². The number of nitrogens with zero attached hydrogens (tertiary/aromatic N) is 1. The van der Waals surface area contributed by atoms with Gasteiger partial charge in [-0.1, -0.05) is 11.6 Å². The molecule has 0 amide bonds. The van der Waals surface area contributed by atoms with Gasteiger partial charge in [-0.05, 0) is 12.1 Å². The van der Waals surface area contributed by atoms with Gasteiger partial charge in [0.05, 0.1) is 22.4 Å². The third-order valence-electron chi connectivity index (χ3n) is 2.17. The second-order valence-electron chi connectivity index (χ2n) is 3.67. The summed E-state index contributed by atoms with van der Waals surface area (Å²) in [5.41, 5.74) is 2.82. The molecule has 0 aliphatic heterocycles. The van der Waals surface area contributed by atoms with Crippen molar-refractivity contribution >= 4 is 23.8 Å². The van der Waals surface area contributed by atoms with Gasteiger partial charge in [0, 0.05) is 5.56 Å². The predicted molar refractivity (Wildman–Crippen MR) is 64.1 cm³/mol. The summed E-state index contributed by atoms with van der Waals surface area (Å²) >= 11 is 5.40. The third kappa shape index (κ3) is 4.25. The molecule has 0 fully saturated rings. The molecule has 0 atom stereocenters. The van der Waals surface area contributed by atoms with Crippen LogP contribution in [0.5, 0.6) is 0 Å². The summed E-state index contributed by atoms with van der Waals surface area (Å²) in [4.78, 5) is 0. The van der Waals surface area contributed by atoms with Crippen LogP contribution >= 0.6 is 11.6 Å². The Morgan fingerprint density at radius 2 is 1.62 bits per heavy atom. The van der Waals surface area contributed by atoms with Crippen LogP contribution < -0.4 is 11.2 Å². The van der Waals surface area contributed by atoms with E-state index < -0.39 is 40.0 Å². The number of hydrogen-bond acceptors (Lipinski definition) is 2. The van der Waals surface area contributed by atoms with E-state index in [4.69, 9.17) is 22.7 Å². The Morgan fingerprint density at radius 1 is 1.14 bits per heavy atom. The molecule has 0 aliphatic rings. The summed E-state index contributed by atoms with van der Waals surface area (Å²) < 4.78 is 76.1. The molecular formula is C10H7ClF6N4. The molecule has 0 aliphatic carbocycles. The number of rotatable bonds is 2. The minimum absolute atomic E-state index is 0.237. The van der Waals surface area contributed by atoms with Gasteiger partial charge in [-0.25, -0.2) is 5.43 Å². The van der Waals surface area contributed by atoms with Crippen LogP contribution in [0.4, 0.5) is 26.3 Å². The van der Waals surface area contributed by atoms with Gasteiger partial charge in [-0.2, -0.15) is 31.4 Å². The standard InChI is InChI=1S/C10H7ClF6N4/c11-7-4(3-20-21-8(18)19)5(9(12,13)14)1-2-6(7)10(15,16)17/h1-3H,(H4,18,19,21)/b20-3+. The Bertz CT molecular complexity index is 578. The molecule has 0 heterocycles. The number of benzene rings is 1. The van der Waals surface area contributed by atoms with Crippen LogP contribution in [0, 0.1) is 5.41 Å². The molecule has 0 unspecified atom stereocenters. The second-order valence-corrected chi connectivity index (χ2v) is 4.05. The Labute approximate surface area is 119 Å². The summed E-state index contributed by atoms with van der Waals surface area (Å²) in [6, 6.07) is 0.491. The molecule has 11 heteroatoms. The first-order valence-corrected chi connectivity index (χ1v) is 5.42. The fraction of sp³-hybridized carbons (Fsp3) is 0.200. The van der Waals surface area contributed by atoms with Gasteiger partial charge in [-0.3, -0.25) is 5.41 Å². The van der Waals surface area contributed by atoms with E-state index in [2.05, 4.69) is 5.10 Å². The van der Waals surface area contributed by atoms with Crippen molar-refractivity contribution < 1.29 is 26.3 Å². The topological polar surface area (TPSA) is 74.3 Å². The maximum absolute atomic E-state index is 12.8. The normalized spacial score (nSPS) is 12.7. The average Bonchev–Trinajstić information content (AvgIpc) is 2.27. The molecular weight excluding hydrogens is 326 g/mol. The summed E-state index contributed by atoms with van der Waals surface area (Å²) in [5, 5.41) is 8.73. The highest BCUT2D eigenvalue weighted by molar-refractivity contribution is 6.34. The molecule has 21 heavy (non-hydrogen) atoms. The van der Waals surface area contributed by atoms with E-state index >= 15 is 0 Å². The van der Waals surface area contributed by atoms with Gasteiger partial charge < -0.3 is 5.73 Å². The first kappa shape index (κ1) is 17.1. The minimum atomic E-state index is -4.93. The van der Waals surface area contributed by atoms with Crippen molar-refractivity contribution in [2.24, 2.45) is 10.8 Å². The highest BCUT2D eigenvalue weighted by atomic mass is 35.5. The van der Waals surface area contributed by atoms with Crippen LogP contribution in [-0.4, -0.2) is 12.2 Å². The van der Waals surface area contributed by atoms with E-state index in [1.54, 1.807) is 5.43 Å². The van der Waals surface area contributed by atoms with Gasteiger partial charge in [0.15, 0.2) is 0 Å². The number of nitrogens with two attached hydrogens (primary N) is 1. The van der Waals surface area contributed by atoms with Gasteiger partial charge in [0.25, 0.3) is 0 Å². The van der Waals surface area contributed by atoms with Crippen LogP contribution in [0.2, 0.25) is 5.02 Å². The molecule has 1 aromatic carbocycles. The van der Waals surface area contributed by atoms with Crippen molar-refractivity contribution in [1.82, 2.24) is 5.43 Å². The zero-order valence-electron chi connectivity index (χ0n) is 9.90. The summed E-state index contributed by atoms with van der Waals surface area (Å²) in [5.74, 6) is -0.706. The fourth-order valence-corrected chi connectivity index (χ4v) is 1.67. The number of alkyl halides is 6. The zero-order chi connectivity index (χ0) is 16.4. The quantitative estimate of drug-likeness (QED) is 0.337. The third-order valence-corrected chi connectivity index (χ3v) is 2.58. The summed E-state index contributed by atoms with van der Waals surface area (Å²) in [6.07, 6.45) is -9.43. The molecule has 4 nitrogen and oxygen atoms in total. The van der Waals surface area contributed by atoms with Crippen molar-refractivity contribution in [3.05, 3.63) is 33.8 Å². The van der Waals surface area contributed by atoms with E-state index in [0.717, 1.165) is 0 Å².